The van der Waals surface area contributed by atoms with E-state index in [4.69, 9.17) is 0 Å². The van der Waals surface area contributed by atoms with Gasteiger partial charge in [-0.15, -0.1) is 0 Å². The monoisotopic (exact) mass is 299 g/mol. The lowest BCUT2D eigenvalue weighted by Crippen LogP contribution is -2.12. The van der Waals surface area contributed by atoms with Gasteiger partial charge in [-0.05, 0) is 12.1 Å². The number of anilines is 1. The Morgan fingerprint density at radius 1 is 1.41 bits per heavy atom. The molecule has 0 aliphatic heterocycles. The van der Waals surface area contributed by atoms with Crippen molar-refractivity contribution in [1.82, 2.24) is 14.6 Å². The molecule has 3 aromatic rings. The lowest BCUT2D eigenvalue weighted by atomic mass is 10.2. The highest BCUT2D eigenvalue weighted by molar-refractivity contribution is 6.08. The van der Waals surface area contributed by atoms with Gasteiger partial charge in [-0.3, -0.25) is 14.9 Å². The van der Waals surface area contributed by atoms with Crippen LogP contribution in [0.25, 0.3) is 5.65 Å². The maximum absolute atomic E-state index is 12.2. The molecule has 0 saturated carbocycles. The zero-order valence-corrected chi connectivity index (χ0v) is 11.0. The molecular weight excluding hydrogens is 290 g/mol. The third-order valence-corrected chi connectivity index (χ3v) is 2.96. The van der Waals surface area contributed by atoms with Gasteiger partial charge in [0.05, 0.1) is 22.9 Å². The summed E-state index contributed by atoms with van der Waals surface area (Å²) < 4.78 is 1.44. The van der Waals surface area contributed by atoms with E-state index in [0.717, 1.165) is 6.07 Å². The molecule has 0 aliphatic carbocycles. The highest BCUT2D eigenvalue weighted by Crippen LogP contribution is 2.28. The van der Waals surface area contributed by atoms with E-state index in [1.807, 2.05) is 0 Å². The number of fused-ring (bicyclic) bond motifs is 1. The molecule has 3 rings (SSSR count). The molecule has 2 heterocycles. The quantitative estimate of drug-likeness (QED) is 0.430. The number of hydrogen-bond acceptors (Lipinski definition) is 6. The first kappa shape index (κ1) is 13.5. The normalized spacial score (nSPS) is 10.5. The number of non-ortho nitro benzene ring substituents is 1. The molecule has 1 aromatic carbocycles. The van der Waals surface area contributed by atoms with Gasteiger partial charge in [-0.25, -0.2) is 9.50 Å². The summed E-state index contributed by atoms with van der Waals surface area (Å²) in [4.78, 5) is 26.2. The number of carbonyl (C=O) groups excluding carboxylic acids is 1. The average molecular weight is 299 g/mol. The molecule has 0 fully saturated rings. The number of rotatable bonds is 3. The van der Waals surface area contributed by atoms with E-state index in [0.29, 0.717) is 5.65 Å². The van der Waals surface area contributed by atoms with E-state index in [-0.39, 0.29) is 16.9 Å². The Hall–Kier alpha value is -3.49. The zero-order chi connectivity index (χ0) is 15.7. The van der Waals surface area contributed by atoms with Gasteiger partial charge in [-0.1, -0.05) is 0 Å². The van der Waals surface area contributed by atoms with Crippen molar-refractivity contribution in [2.45, 2.75) is 0 Å². The van der Waals surface area contributed by atoms with E-state index in [1.165, 1.54) is 29.0 Å². The predicted octanol–water partition coefficient (Wildman–Crippen LogP) is 1.60. The van der Waals surface area contributed by atoms with Crippen molar-refractivity contribution in [3.05, 3.63) is 58.5 Å². The van der Waals surface area contributed by atoms with E-state index in [2.05, 4.69) is 15.4 Å². The van der Waals surface area contributed by atoms with E-state index in [1.54, 1.807) is 12.3 Å². The van der Waals surface area contributed by atoms with E-state index >= 15 is 0 Å². The number of amides is 1. The number of aromatic hydroxyl groups is 1. The topological polar surface area (TPSA) is 123 Å². The lowest BCUT2D eigenvalue weighted by molar-refractivity contribution is -0.384. The van der Waals surface area contributed by atoms with Crippen LogP contribution in [0, 0.1) is 10.1 Å². The highest BCUT2D eigenvalue weighted by atomic mass is 16.6. The van der Waals surface area contributed by atoms with Gasteiger partial charge in [0.2, 0.25) is 0 Å². The van der Waals surface area contributed by atoms with E-state index in [9.17, 15) is 20.0 Å². The summed E-state index contributed by atoms with van der Waals surface area (Å²) >= 11 is 0. The molecular formula is C13H9N5O4. The molecule has 110 valence electrons. The average Bonchev–Trinajstić information content (AvgIpc) is 2.93. The van der Waals surface area contributed by atoms with Crippen molar-refractivity contribution in [1.29, 1.82) is 0 Å². The summed E-state index contributed by atoms with van der Waals surface area (Å²) in [5.41, 5.74) is 0.374. The fourth-order valence-electron chi connectivity index (χ4n) is 1.92. The number of carbonyl (C=O) groups is 1. The largest absolute Gasteiger partial charge is 0.506 e. The Balaban J connectivity index is 1.90. The van der Waals surface area contributed by atoms with Gasteiger partial charge in [0.1, 0.15) is 11.3 Å². The fourth-order valence-corrected chi connectivity index (χ4v) is 1.92. The van der Waals surface area contributed by atoms with Crippen LogP contribution in [0.4, 0.5) is 11.4 Å². The molecule has 0 unspecified atom stereocenters. The number of benzene rings is 1. The summed E-state index contributed by atoms with van der Waals surface area (Å²) in [6.45, 7) is 0. The van der Waals surface area contributed by atoms with Crippen LogP contribution in [-0.2, 0) is 0 Å². The van der Waals surface area contributed by atoms with Crippen molar-refractivity contribution >= 4 is 22.9 Å². The number of aromatic nitrogens is 3. The van der Waals surface area contributed by atoms with Crippen LogP contribution in [0.3, 0.4) is 0 Å². The van der Waals surface area contributed by atoms with Gasteiger partial charge in [0.15, 0.2) is 5.65 Å². The second-order valence-corrected chi connectivity index (χ2v) is 4.36. The molecule has 9 heteroatoms. The molecule has 0 aliphatic rings. The number of hydrogen-bond donors (Lipinski definition) is 2. The third kappa shape index (κ3) is 2.30. The Morgan fingerprint density at radius 3 is 2.95 bits per heavy atom. The Morgan fingerprint density at radius 2 is 2.23 bits per heavy atom. The Labute approximate surface area is 123 Å². The van der Waals surface area contributed by atoms with Crippen LogP contribution in [-0.4, -0.2) is 30.5 Å². The van der Waals surface area contributed by atoms with Crippen molar-refractivity contribution in [3.63, 3.8) is 0 Å². The fraction of sp³-hybridized carbons (Fsp3) is 0. The van der Waals surface area contributed by atoms with E-state index < -0.39 is 16.6 Å². The Bertz CT molecular complexity index is 889. The van der Waals surface area contributed by atoms with Gasteiger partial charge < -0.3 is 10.4 Å². The highest BCUT2D eigenvalue weighted by Gasteiger charge is 2.16. The van der Waals surface area contributed by atoms with Crippen LogP contribution in [0.5, 0.6) is 5.75 Å². The standard InChI is InChI=1S/C13H9N5O4/c19-11-6-8(18(21)22)2-3-10(11)16-13(20)9-7-15-17-5-1-4-14-12(9)17/h1-7,19H,(H,16,20). The number of nitrogens with one attached hydrogen (secondary N) is 1. The zero-order valence-electron chi connectivity index (χ0n) is 11.0. The SMILES string of the molecule is O=C(Nc1ccc([N+](=O)[O-])cc1O)c1cnn2cccnc12. The molecule has 9 nitrogen and oxygen atoms in total. The molecule has 0 atom stereocenters. The van der Waals surface area contributed by atoms with Crippen molar-refractivity contribution < 1.29 is 14.8 Å². The van der Waals surface area contributed by atoms with Crippen LogP contribution < -0.4 is 5.32 Å². The van der Waals surface area contributed by atoms with Crippen LogP contribution in [0.1, 0.15) is 10.4 Å². The van der Waals surface area contributed by atoms with Gasteiger partial charge in [-0.2, -0.15) is 5.10 Å². The number of nitrogens with zero attached hydrogens (tertiary/aromatic N) is 4. The van der Waals surface area contributed by atoms with Crippen molar-refractivity contribution in [2.75, 3.05) is 5.32 Å². The lowest BCUT2D eigenvalue weighted by Gasteiger charge is -2.06. The summed E-state index contributed by atoms with van der Waals surface area (Å²) in [6, 6.07) is 5.07. The number of nitro benzene ring substituents is 1. The minimum Gasteiger partial charge on any atom is -0.506 e. The van der Waals surface area contributed by atoms with Crippen LogP contribution in [0.15, 0.2) is 42.9 Å². The number of nitro groups is 1. The Kier molecular flexibility index (Phi) is 3.14. The van der Waals surface area contributed by atoms with Crippen molar-refractivity contribution in [2.24, 2.45) is 0 Å². The number of phenolic OH excluding ortho intramolecular Hbond substituents is 1. The smallest absolute Gasteiger partial charge is 0.273 e. The maximum Gasteiger partial charge on any atom is 0.273 e. The summed E-state index contributed by atoms with van der Waals surface area (Å²) in [7, 11) is 0. The first-order chi connectivity index (χ1) is 10.6. The maximum atomic E-state index is 12.2. The summed E-state index contributed by atoms with van der Waals surface area (Å²) in [5, 5.41) is 26.8. The van der Waals surface area contributed by atoms with Crippen molar-refractivity contribution in [3.8, 4) is 5.75 Å². The molecule has 0 radical (unpaired) electrons. The molecule has 2 N–H and O–H groups in total. The molecule has 0 spiro atoms. The number of phenols is 1. The second kappa shape index (κ2) is 5.13. The minimum atomic E-state index is -0.638. The third-order valence-electron chi connectivity index (χ3n) is 2.96. The second-order valence-electron chi connectivity index (χ2n) is 4.36. The summed E-state index contributed by atoms with van der Waals surface area (Å²) in [6.07, 6.45) is 4.51. The first-order valence-corrected chi connectivity index (χ1v) is 6.13. The molecule has 0 bridgehead atoms. The van der Waals surface area contributed by atoms with Gasteiger partial charge in [0, 0.05) is 18.5 Å². The van der Waals surface area contributed by atoms with Gasteiger partial charge >= 0.3 is 0 Å². The van der Waals surface area contributed by atoms with Crippen LogP contribution in [0.2, 0.25) is 0 Å². The molecule has 2 aromatic heterocycles. The summed E-state index contributed by atoms with van der Waals surface area (Å²) in [5.74, 6) is -0.926. The minimum absolute atomic E-state index is 0.0610. The van der Waals surface area contributed by atoms with Crippen LogP contribution >= 0.6 is 0 Å². The predicted molar refractivity (Wildman–Crippen MR) is 75.7 cm³/mol. The molecule has 22 heavy (non-hydrogen) atoms. The molecule has 0 saturated heterocycles. The van der Waals surface area contributed by atoms with Gasteiger partial charge in [0.25, 0.3) is 11.6 Å². The molecule has 1 amide bonds. The first-order valence-electron chi connectivity index (χ1n) is 6.13.